The van der Waals surface area contributed by atoms with E-state index < -0.39 is 0 Å². The second-order valence-corrected chi connectivity index (χ2v) is 6.08. The van der Waals surface area contributed by atoms with Gasteiger partial charge in [-0.25, -0.2) is 4.79 Å². The smallest absolute Gasteiger partial charge is 0.409 e. The Morgan fingerprint density at radius 1 is 1.00 bits per heavy atom. The summed E-state index contributed by atoms with van der Waals surface area (Å²) in [5.41, 5.74) is 2.78. The molecule has 0 spiro atoms. The predicted octanol–water partition coefficient (Wildman–Crippen LogP) is 3.89. The van der Waals surface area contributed by atoms with Crippen molar-refractivity contribution in [1.29, 1.82) is 0 Å². The lowest BCUT2D eigenvalue weighted by Crippen LogP contribution is -2.34. The zero-order chi connectivity index (χ0) is 18.8. The average Bonchev–Trinajstić information content (AvgIpc) is 2.62. The summed E-state index contributed by atoms with van der Waals surface area (Å²) < 4.78 is 5.21. The van der Waals surface area contributed by atoms with E-state index in [4.69, 9.17) is 4.74 Å². The highest BCUT2D eigenvalue weighted by Crippen LogP contribution is 2.16. The molecule has 0 unspecified atom stereocenters. The maximum absolute atomic E-state index is 12.8. The minimum atomic E-state index is -0.284. The van der Waals surface area contributed by atoms with Crippen molar-refractivity contribution in [2.24, 2.45) is 0 Å². The summed E-state index contributed by atoms with van der Waals surface area (Å²) in [5, 5.41) is 0. The third-order valence-corrected chi connectivity index (χ3v) is 4.27. The van der Waals surface area contributed by atoms with Gasteiger partial charge in [-0.05, 0) is 52.2 Å². The summed E-state index contributed by atoms with van der Waals surface area (Å²) in [4.78, 5) is 28.4. The zero-order valence-corrected chi connectivity index (χ0v) is 16.3. The molecular formula is C20H32N2O3. The number of aryl methyl sites for hydroxylation is 1. The van der Waals surface area contributed by atoms with Crippen LogP contribution in [-0.4, -0.2) is 54.6 Å². The molecule has 1 aromatic carbocycles. The molecule has 5 heteroatoms. The van der Waals surface area contributed by atoms with Gasteiger partial charge in [-0.15, -0.1) is 0 Å². The number of amides is 2. The molecule has 1 rings (SSSR count). The van der Waals surface area contributed by atoms with E-state index in [1.807, 2.05) is 57.7 Å². The highest BCUT2D eigenvalue weighted by atomic mass is 16.6. The Kier molecular flexibility index (Phi) is 9.03. The Labute approximate surface area is 151 Å². The van der Waals surface area contributed by atoms with Gasteiger partial charge >= 0.3 is 6.09 Å². The van der Waals surface area contributed by atoms with Crippen LogP contribution in [0.4, 0.5) is 4.79 Å². The molecule has 2 amide bonds. The number of ether oxygens (including phenoxy) is 1. The largest absolute Gasteiger partial charge is 0.449 e. The number of rotatable bonds is 9. The van der Waals surface area contributed by atoms with Gasteiger partial charge < -0.3 is 14.5 Å². The van der Waals surface area contributed by atoms with Crippen molar-refractivity contribution in [2.75, 3.05) is 32.8 Å². The van der Waals surface area contributed by atoms with E-state index in [9.17, 15) is 9.59 Å². The minimum absolute atomic E-state index is 0.0558. The quantitative estimate of drug-likeness (QED) is 0.680. The summed E-state index contributed by atoms with van der Waals surface area (Å²) in [5.74, 6) is 0.0558. The second kappa shape index (κ2) is 10.7. The molecular weight excluding hydrogens is 316 g/mol. The van der Waals surface area contributed by atoms with Gasteiger partial charge in [0.15, 0.2) is 0 Å². The maximum Gasteiger partial charge on any atom is 0.409 e. The second-order valence-electron chi connectivity index (χ2n) is 6.08. The highest BCUT2D eigenvalue weighted by Gasteiger charge is 2.18. The summed E-state index contributed by atoms with van der Waals surface area (Å²) >= 11 is 0. The Morgan fingerprint density at radius 2 is 1.64 bits per heavy atom. The first-order valence-electron chi connectivity index (χ1n) is 9.28. The molecule has 0 saturated carbocycles. The Balaban J connectivity index is 2.91. The first-order chi connectivity index (χ1) is 12.0. The van der Waals surface area contributed by atoms with Crippen molar-refractivity contribution in [2.45, 2.75) is 47.5 Å². The van der Waals surface area contributed by atoms with E-state index in [0.717, 1.165) is 23.1 Å². The number of hydrogen-bond acceptors (Lipinski definition) is 3. The monoisotopic (exact) mass is 348 g/mol. The molecule has 140 valence electrons. The molecule has 0 fully saturated rings. The molecule has 0 N–H and O–H groups in total. The van der Waals surface area contributed by atoms with Crippen molar-refractivity contribution >= 4 is 12.0 Å². The number of likely N-dealkylation sites (N-methyl/N-ethyl adjacent to an activating group) is 1. The number of carbonyl (C=O) groups excluding carboxylic acids is 2. The molecule has 0 aliphatic carbocycles. The minimum Gasteiger partial charge on any atom is -0.449 e. The van der Waals surface area contributed by atoms with E-state index >= 15 is 0 Å². The maximum atomic E-state index is 12.8. The Bertz CT molecular complexity index is 568. The Morgan fingerprint density at radius 3 is 2.20 bits per heavy atom. The molecule has 0 heterocycles. The van der Waals surface area contributed by atoms with Crippen molar-refractivity contribution in [3.8, 4) is 0 Å². The predicted molar refractivity (Wildman–Crippen MR) is 101 cm³/mol. The molecule has 1 aromatic rings. The summed E-state index contributed by atoms with van der Waals surface area (Å²) in [6, 6.07) is 5.96. The van der Waals surface area contributed by atoms with Gasteiger partial charge in [0.05, 0.1) is 6.61 Å². The van der Waals surface area contributed by atoms with Crippen LogP contribution in [0.15, 0.2) is 18.2 Å². The number of hydrogen-bond donors (Lipinski definition) is 0. The van der Waals surface area contributed by atoms with Crippen molar-refractivity contribution in [3.05, 3.63) is 34.9 Å². The van der Waals surface area contributed by atoms with E-state index in [-0.39, 0.29) is 12.0 Å². The topological polar surface area (TPSA) is 49.9 Å². The van der Waals surface area contributed by atoms with Crippen LogP contribution in [0, 0.1) is 6.92 Å². The van der Waals surface area contributed by atoms with Crippen LogP contribution in [0.3, 0.4) is 0 Å². The highest BCUT2D eigenvalue weighted by molar-refractivity contribution is 5.96. The third-order valence-electron chi connectivity index (χ3n) is 4.27. The van der Waals surface area contributed by atoms with Crippen LogP contribution in [0.1, 0.15) is 55.6 Å². The fourth-order valence-electron chi connectivity index (χ4n) is 2.70. The van der Waals surface area contributed by atoms with E-state index in [1.54, 1.807) is 4.90 Å². The van der Waals surface area contributed by atoms with Crippen LogP contribution < -0.4 is 0 Å². The van der Waals surface area contributed by atoms with Crippen LogP contribution in [-0.2, 0) is 11.2 Å². The molecule has 0 aromatic heterocycles. The van der Waals surface area contributed by atoms with Crippen molar-refractivity contribution in [3.63, 3.8) is 0 Å². The molecule has 0 aliphatic heterocycles. The molecule has 0 atom stereocenters. The van der Waals surface area contributed by atoms with Gasteiger partial charge in [-0.2, -0.15) is 0 Å². The van der Waals surface area contributed by atoms with Crippen LogP contribution in [0.25, 0.3) is 0 Å². The first kappa shape index (κ1) is 21.0. The SMILES string of the molecule is CCCOC(=O)N(CC)CCc1ccc(C)cc1C(=O)N(CC)CC. The summed E-state index contributed by atoms with van der Waals surface area (Å²) in [7, 11) is 0. The molecule has 0 bridgehead atoms. The zero-order valence-electron chi connectivity index (χ0n) is 16.3. The number of carbonyl (C=O) groups is 2. The van der Waals surface area contributed by atoms with Gasteiger partial charge in [0.2, 0.25) is 0 Å². The van der Waals surface area contributed by atoms with Crippen molar-refractivity contribution in [1.82, 2.24) is 9.80 Å². The van der Waals surface area contributed by atoms with E-state index in [2.05, 4.69) is 0 Å². The fraction of sp³-hybridized carbons (Fsp3) is 0.600. The third kappa shape index (κ3) is 6.07. The first-order valence-corrected chi connectivity index (χ1v) is 9.28. The van der Waals surface area contributed by atoms with Gasteiger partial charge in [-0.1, -0.05) is 24.6 Å². The lowest BCUT2D eigenvalue weighted by Gasteiger charge is -2.23. The number of nitrogens with zero attached hydrogens (tertiary/aromatic N) is 2. The molecule has 0 saturated heterocycles. The molecule has 0 radical (unpaired) electrons. The Hall–Kier alpha value is -2.04. The normalized spacial score (nSPS) is 10.4. The molecule has 0 aliphatic rings. The lowest BCUT2D eigenvalue weighted by atomic mass is 10.0. The van der Waals surface area contributed by atoms with Gasteiger partial charge in [0.1, 0.15) is 0 Å². The van der Waals surface area contributed by atoms with Gasteiger partial charge in [0.25, 0.3) is 5.91 Å². The van der Waals surface area contributed by atoms with E-state index in [0.29, 0.717) is 39.2 Å². The standard InChI is InChI=1S/C20H32N2O3/c1-6-14-25-20(24)22(9-4)13-12-17-11-10-16(5)15-18(17)19(23)21(7-2)8-3/h10-11,15H,6-9,12-14H2,1-5H3. The van der Waals surface area contributed by atoms with Crippen molar-refractivity contribution < 1.29 is 14.3 Å². The van der Waals surface area contributed by atoms with Gasteiger partial charge in [-0.3, -0.25) is 4.79 Å². The fourth-order valence-corrected chi connectivity index (χ4v) is 2.70. The average molecular weight is 348 g/mol. The van der Waals surface area contributed by atoms with Crippen LogP contribution in [0.5, 0.6) is 0 Å². The lowest BCUT2D eigenvalue weighted by molar-refractivity contribution is 0.0771. The number of benzene rings is 1. The van der Waals surface area contributed by atoms with E-state index in [1.165, 1.54) is 0 Å². The molecule has 25 heavy (non-hydrogen) atoms. The van der Waals surface area contributed by atoms with Crippen LogP contribution >= 0.6 is 0 Å². The van der Waals surface area contributed by atoms with Crippen LogP contribution in [0.2, 0.25) is 0 Å². The summed E-state index contributed by atoms with van der Waals surface area (Å²) in [6.45, 7) is 12.8. The molecule has 5 nitrogen and oxygen atoms in total. The van der Waals surface area contributed by atoms with Gasteiger partial charge in [0, 0.05) is 31.7 Å². The summed E-state index contributed by atoms with van der Waals surface area (Å²) in [6.07, 6.45) is 1.16.